The highest BCUT2D eigenvalue weighted by Gasteiger charge is 2.43. The Morgan fingerprint density at radius 2 is 1.71 bits per heavy atom. The number of amides is 3. The van der Waals surface area contributed by atoms with Gasteiger partial charge in [-0.3, -0.25) is 9.69 Å². The third kappa shape index (κ3) is 4.17. The monoisotopic (exact) mass is 441 g/mol. The van der Waals surface area contributed by atoms with Crippen molar-refractivity contribution in [2.24, 2.45) is 0 Å². The fraction of sp³-hybridized carbons (Fsp3) is 0.391. The normalized spacial score (nSPS) is 18.5. The lowest BCUT2D eigenvalue weighted by Gasteiger charge is -2.36. The minimum atomic E-state index is -4.09. The summed E-state index contributed by atoms with van der Waals surface area (Å²) in [6, 6.07) is 12.5. The van der Waals surface area contributed by atoms with Crippen molar-refractivity contribution < 1.29 is 18.0 Å². The van der Waals surface area contributed by atoms with Crippen LogP contribution >= 0.6 is 0 Å². The van der Waals surface area contributed by atoms with E-state index in [0.717, 1.165) is 42.0 Å². The molecule has 2 aromatic rings. The van der Waals surface area contributed by atoms with Crippen molar-refractivity contribution in [2.75, 3.05) is 15.7 Å². The van der Waals surface area contributed by atoms with Crippen LogP contribution in [-0.2, 0) is 21.2 Å². The summed E-state index contributed by atoms with van der Waals surface area (Å²) < 4.78 is 27.4. The van der Waals surface area contributed by atoms with Crippen molar-refractivity contribution in [3.05, 3.63) is 54.1 Å². The zero-order chi connectivity index (χ0) is 22.0. The molecule has 4 rings (SSSR count). The van der Waals surface area contributed by atoms with Gasteiger partial charge >= 0.3 is 6.03 Å². The van der Waals surface area contributed by atoms with Crippen LogP contribution in [0.5, 0.6) is 0 Å². The van der Waals surface area contributed by atoms with E-state index in [1.54, 1.807) is 42.5 Å². The molecule has 2 aromatic carbocycles. The highest BCUT2D eigenvalue weighted by molar-refractivity contribution is 7.94. The molecule has 0 spiro atoms. The topological polar surface area (TPSA) is 86.8 Å². The summed E-state index contributed by atoms with van der Waals surface area (Å²) in [5.41, 5.74) is 1.52. The first-order valence-corrected chi connectivity index (χ1v) is 12.2. The van der Waals surface area contributed by atoms with Crippen molar-refractivity contribution in [1.29, 1.82) is 0 Å². The summed E-state index contributed by atoms with van der Waals surface area (Å²) in [7, 11) is -4.09. The van der Waals surface area contributed by atoms with Crippen LogP contribution in [0.1, 0.15) is 44.6 Å². The van der Waals surface area contributed by atoms with Gasteiger partial charge < -0.3 is 5.32 Å². The molecule has 1 aliphatic heterocycles. The largest absolute Gasteiger partial charge is 0.352 e. The molecule has 0 bridgehead atoms. The van der Waals surface area contributed by atoms with Crippen molar-refractivity contribution in [1.82, 2.24) is 5.32 Å². The molecule has 0 atom stereocenters. The number of aryl methyl sites for hydroxylation is 1. The van der Waals surface area contributed by atoms with Crippen LogP contribution < -0.4 is 14.5 Å². The number of para-hydroxylation sites is 1. The van der Waals surface area contributed by atoms with Crippen molar-refractivity contribution in [2.45, 2.75) is 56.4 Å². The molecule has 1 saturated carbocycles. The molecule has 1 aliphatic carbocycles. The van der Waals surface area contributed by atoms with Crippen LogP contribution in [0.4, 0.5) is 16.2 Å². The SMILES string of the molecule is CCc1ccc(N2C(=O)N(CC(=O)NC3CCCCC3)c3ccccc3S2(=O)=O)cc1. The standard InChI is InChI=1S/C23H27N3O4S/c1-2-17-12-14-19(15-13-17)26-23(28)25(16-22(27)24-18-8-4-3-5-9-18)20-10-6-7-11-21(20)31(26,29)30/h6-7,10-15,18H,2-5,8-9,16H2,1H3,(H,24,27). The third-order valence-corrected chi connectivity index (χ3v) is 7.68. The number of fused-ring (bicyclic) bond motifs is 1. The summed E-state index contributed by atoms with van der Waals surface area (Å²) in [5, 5.41) is 3.01. The lowest BCUT2D eigenvalue weighted by atomic mass is 9.95. The molecular formula is C23H27N3O4S. The molecule has 1 heterocycles. The Morgan fingerprint density at radius 3 is 2.39 bits per heavy atom. The summed E-state index contributed by atoms with van der Waals surface area (Å²) >= 11 is 0. The summed E-state index contributed by atoms with van der Waals surface area (Å²) in [4.78, 5) is 27.4. The van der Waals surface area contributed by atoms with Crippen molar-refractivity contribution in [3.63, 3.8) is 0 Å². The molecule has 0 aromatic heterocycles. The molecule has 164 valence electrons. The average Bonchev–Trinajstić information content (AvgIpc) is 2.78. The van der Waals surface area contributed by atoms with E-state index in [0.29, 0.717) is 0 Å². The second-order valence-electron chi connectivity index (χ2n) is 8.03. The molecule has 1 N–H and O–H groups in total. The van der Waals surface area contributed by atoms with E-state index < -0.39 is 16.1 Å². The highest BCUT2D eigenvalue weighted by atomic mass is 32.2. The number of nitrogens with one attached hydrogen (secondary N) is 1. The van der Waals surface area contributed by atoms with Gasteiger partial charge in [-0.15, -0.1) is 0 Å². The van der Waals surface area contributed by atoms with Gasteiger partial charge in [-0.25, -0.2) is 13.2 Å². The van der Waals surface area contributed by atoms with E-state index in [2.05, 4.69) is 5.32 Å². The van der Waals surface area contributed by atoms with E-state index >= 15 is 0 Å². The van der Waals surface area contributed by atoms with Gasteiger partial charge in [0, 0.05) is 6.04 Å². The molecule has 1 fully saturated rings. The third-order valence-electron chi connectivity index (χ3n) is 5.93. The Bertz CT molecular complexity index is 1080. The number of carbonyl (C=O) groups excluding carboxylic acids is 2. The highest BCUT2D eigenvalue weighted by Crippen LogP contribution is 2.37. The van der Waals surface area contributed by atoms with Gasteiger partial charge in [-0.1, -0.05) is 50.5 Å². The maximum atomic E-state index is 13.4. The quantitative estimate of drug-likeness (QED) is 0.764. The first kappa shape index (κ1) is 21.4. The number of hydrogen-bond donors (Lipinski definition) is 1. The first-order valence-electron chi connectivity index (χ1n) is 10.8. The second-order valence-corrected chi connectivity index (χ2v) is 9.78. The first-order chi connectivity index (χ1) is 14.9. The summed E-state index contributed by atoms with van der Waals surface area (Å²) in [5.74, 6) is -0.282. The van der Waals surface area contributed by atoms with Gasteiger partial charge in [0.25, 0.3) is 10.0 Å². The zero-order valence-electron chi connectivity index (χ0n) is 17.6. The molecule has 0 unspecified atom stereocenters. The Labute approximate surface area is 183 Å². The van der Waals surface area contributed by atoms with Gasteiger partial charge in [-0.2, -0.15) is 4.31 Å². The predicted molar refractivity (Wildman–Crippen MR) is 120 cm³/mol. The van der Waals surface area contributed by atoms with Gasteiger partial charge in [0.15, 0.2) is 0 Å². The zero-order valence-corrected chi connectivity index (χ0v) is 18.4. The van der Waals surface area contributed by atoms with Gasteiger partial charge in [-0.05, 0) is 49.1 Å². The van der Waals surface area contributed by atoms with Crippen LogP contribution in [0, 0.1) is 0 Å². The van der Waals surface area contributed by atoms with E-state index in [1.165, 1.54) is 17.4 Å². The van der Waals surface area contributed by atoms with E-state index in [9.17, 15) is 18.0 Å². The molecule has 7 nitrogen and oxygen atoms in total. The van der Waals surface area contributed by atoms with Crippen LogP contribution in [-0.4, -0.2) is 32.9 Å². The van der Waals surface area contributed by atoms with Gasteiger partial charge in [0.2, 0.25) is 5.91 Å². The van der Waals surface area contributed by atoms with Crippen molar-refractivity contribution in [3.8, 4) is 0 Å². The maximum absolute atomic E-state index is 13.4. The number of nitrogens with zero attached hydrogens (tertiary/aromatic N) is 2. The number of hydrogen-bond acceptors (Lipinski definition) is 4. The molecule has 3 amide bonds. The van der Waals surface area contributed by atoms with Gasteiger partial charge in [0.05, 0.1) is 11.4 Å². The Kier molecular flexibility index (Phi) is 6.00. The van der Waals surface area contributed by atoms with E-state index in [4.69, 9.17) is 0 Å². The van der Waals surface area contributed by atoms with E-state index in [-0.39, 0.29) is 34.8 Å². The van der Waals surface area contributed by atoms with E-state index in [1.807, 2.05) is 6.92 Å². The minimum Gasteiger partial charge on any atom is -0.352 e. The van der Waals surface area contributed by atoms with Crippen molar-refractivity contribution >= 4 is 33.3 Å². The molecule has 8 heteroatoms. The summed E-state index contributed by atoms with van der Waals surface area (Å²) in [6.07, 6.45) is 6.00. The maximum Gasteiger partial charge on any atom is 0.343 e. The molecule has 31 heavy (non-hydrogen) atoms. The Morgan fingerprint density at radius 1 is 1.03 bits per heavy atom. The molecule has 2 aliphatic rings. The number of carbonyl (C=O) groups is 2. The fourth-order valence-corrected chi connectivity index (χ4v) is 5.84. The van der Waals surface area contributed by atoms with Crippen LogP contribution in [0.2, 0.25) is 0 Å². The fourth-order valence-electron chi connectivity index (χ4n) is 4.25. The lowest BCUT2D eigenvalue weighted by Crippen LogP contribution is -2.54. The van der Waals surface area contributed by atoms with Crippen LogP contribution in [0.15, 0.2) is 53.4 Å². The number of anilines is 2. The average molecular weight is 442 g/mol. The van der Waals surface area contributed by atoms with Crippen LogP contribution in [0.25, 0.3) is 0 Å². The smallest absolute Gasteiger partial charge is 0.343 e. The predicted octanol–water partition coefficient (Wildman–Crippen LogP) is 3.83. The van der Waals surface area contributed by atoms with Crippen LogP contribution in [0.3, 0.4) is 0 Å². The summed E-state index contributed by atoms with van der Waals surface area (Å²) in [6.45, 7) is 1.77. The minimum absolute atomic E-state index is 0.0136. The molecular weight excluding hydrogens is 414 g/mol. The Balaban J connectivity index is 1.67. The molecule has 0 saturated heterocycles. The number of urea groups is 1. The second kappa shape index (κ2) is 8.70. The Hall–Kier alpha value is -2.87. The lowest BCUT2D eigenvalue weighted by molar-refractivity contribution is -0.120. The molecule has 0 radical (unpaired) electrons. The van der Waals surface area contributed by atoms with Gasteiger partial charge in [0.1, 0.15) is 11.4 Å². The number of rotatable bonds is 5. The number of sulfonamides is 1. The number of benzene rings is 2.